The molecule has 2 aromatic carbocycles. The van der Waals surface area contributed by atoms with Gasteiger partial charge < -0.3 is 4.90 Å². The Morgan fingerprint density at radius 3 is 2.61 bits per heavy atom. The van der Waals surface area contributed by atoms with Crippen molar-refractivity contribution in [3.8, 4) is 11.1 Å². The van der Waals surface area contributed by atoms with Crippen molar-refractivity contribution in [3.05, 3.63) is 59.1 Å². The maximum absolute atomic E-state index is 13.0. The van der Waals surface area contributed by atoms with Crippen LogP contribution in [0.1, 0.15) is 24.3 Å². The van der Waals surface area contributed by atoms with Crippen LogP contribution in [0.3, 0.4) is 0 Å². The predicted octanol–water partition coefficient (Wildman–Crippen LogP) is 3.26. The molecule has 1 saturated carbocycles. The molecule has 0 radical (unpaired) electrons. The van der Waals surface area contributed by atoms with Crippen molar-refractivity contribution in [2.45, 2.75) is 24.8 Å². The summed E-state index contributed by atoms with van der Waals surface area (Å²) in [6, 6.07) is 15.7. The summed E-state index contributed by atoms with van der Waals surface area (Å²) < 4.78 is 25.5. The number of halogens is 1. The van der Waals surface area contributed by atoms with Crippen molar-refractivity contribution in [1.82, 2.24) is 9.62 Å². The Labute approximate surface area is 170 Å². The summed E-state index contributed by atoms with van der Waals surface area (Å²) in [7, 11) is -3.26. The van der Waals surface area contributed by atoms with Gasteiger partial charge >= 0.3 is 0 Å². The van der Waals surface area contributed by atoms with Crippen LogP contribution in [-0.2, 0) is 14.8 Å². The van der Waals surface area contributed by atoms with Crippen LogP contribution in [0, 0.1) is 5.92 Å². The van der Waals surface area contributed by atoms with E-state index in [1.807, 2.05) is 30.3 Å². The van der Waals surface area contributed by atoms with Gasteiger partial charge in [-0.05, 0) is 41.5 Å². The molecule has 0 spiro atoms. The number of hydrogen-bond acceptors (Lipinski definition) is 3. The maximum atomic E-state index is 13.0. The number of nitrogens with zero attached hydrogens (tertiary/aromatic N) is 1. The van der Waals surface area contributed by atoms with E-state index in [4.69, 9.17) is 11.6 Å². The first-order valence-corrected chi connectivity index (χ1v) is 11.7. The average molecular weight is 419 g/mol. The molecule has 28 heavy (non-hydrogen) atoms. The van der Waals surface area contributed by atoms with Crippen molar-refractivity contribution in [2.24, 2.45) is 5.92 Å². The molecular formula is C21H23ClN2O3S. The lowest BCUT2D eigenvalue weighted by atomic mass is 9.95. The maximum Gasteiger partial charge on any atom is 0.226 e. The smallest absolute Gasteiger partial charge is 0.226 e. The number of sulfonamides is 1. The molecule has 1 aliphatic carbocycles. The zero-order valence-electron chi connectivity index (χ0n) is 15.6. The highest BCUT2D eigenvalue weighted by Gasteiger charge is 2.48. The number of rotatable bonds is 5. The third-order valence-electron chi connectivity index (χ3n) is 5.50. The van der Waals surface area contributed by atoms with E-state index in [1.54, 1.807) is 4.90 Å². The topological polar surface area (TPSA) is 66.5 Å². The van der Waals surface area contributed by atoms with Crippen molar-refractivity contribution >= 4 is 27.5 Å². The molecule has 2 aromatic rings. The third kappa shape index (κ3) is 4.09. The molecule has 0 aromatic heterocycles. The van der Waals surface area contributed by atoms with Crippen LogP contribution in [-0.4, -0.2) is 44.6 Å². The number of carbonyl (C=O) groups excluding carboxylic acids is 1. The van der Waals surface area contributed by atoms with Gasteiger partial charge in [-0.25, -0.2) is 13.1 Å². The fraction of sp³-hybridized carbons (Fsp3) is 0.381. The van der Waals surface area contributed by atoms with Crippen molar-refractivity contribution in [3.63, 3.8) is 0 Å². The molecular weight excluding hydrogens is 396 g/mol. The zero-order valence-corrected chi connectivity index (χ0v) is 17.2. The van der Waals surface area contributed by atoms with Gasteiger partial charge in [-0.2, -0.15) is 0 Å². The SMILES string of the molecule is CS(=O)(=O)N[C@@H]1CCN(C(=O)[C@@H]2C[C@H]2c2c(Cl)cccc2-c2ccccc2)C1. The summed E-state index contributed by atoms with van der Waals surface area (Å²) in [6.45, 7) is 1.02. The van der Waals surface area contributed by atoms with Gasteiger partial charge in [-0.15, -0.1) is 0 Å². The molecule has 1 saturated heterocycles. The highest BCUT2D eigenvalue weighted by atomic mass is 35.5. The highest BCUT2D eigenvalue weighted by Crippen LogP contribution is 2.53. The Kier molecular flexibility index (Phi) is 5.21. The first-order valence-electron chi connectivity index (χ1n) is 9.43. The first-order chi connectivity index (χ1) is 13.3. The van der Waals surface area contributed by atoms with Crippen LogP contribution in [0.25, 0.3) is 11.1 Å². The molecule has 1 N–H and O–H groups in total. The van der Waals surface area contributed by atoms with Crippen molar-refractivity contribution < 1.29 is 13.2 Å². The highest BCUT2D eigenvalue weighted by molar-refractivity contribution is 7.88. The molecule has 148 valence electrons. The molecule has 7 heteroatoms. The molecule has 2 fully saturated rings. The van der Waals surface area contributed by atoms with Gasteiger partial charge in [0.15, 0.2) is 0 Å². The van der Waals surface area contributed by atoms with Crippen LogP contribution in [0.2, 0.25) is 5.02 Å². The first kappa shape index (κ1) is 19.4. The summed E-state index contributed by atoms with van der Waals surface area (Å²) in [6.07, 6.45) is 2.58. The van der Waals surface area contributed by atoms with E-state index in [0.29, 0.717) is 24.5 Å². The van der Waals surface area contributed by atoms with Crippen molar-refractivity contribution in [1.29, 1.82) is 0 Å². The Bertz CT molecular complexity index is 994. The Balaban J connectivity index is 1.50. The Morgan fingerprint density at radius 1 is 1.14 bits per heavy atom. The van der Waals surface area contributed by atoms with Gasteiger partial charge in [0.05, 0.1) is 6.26 Å². The monoisotopic (exact) mass is 418 g/mol. The van der Waals surface area contributed by atoms with E-state index in [-0.39, 0.29) is 23.8 Å². The summed E-state index contributed by atoms with van der Waals surface area (Å²) in [5.41, 5.74) is 3.21. The van der Waals surface area contributed by atoms with E-state index in [9.17, 15) is 13.2 Å². The van der Waals surface area contributed by atoms with E-state index in [0.717, 1.165) is 29.4 Å². The standard InChI is InChI=1S/C21H23ClN2O3S/c1-28(26,27)23-15-10-11-24(13-15)21(25)18-12-17(18)20-16(8-5-9-19(20)22)14-6-3-2-4-7-14/h2-9,15,17-18,23H,10-13H2,1H3/t15-,17-,18-/m1/s1. The fourth-order valence-corrected chi connectivity index (χ4v) is 5.28. The summed E-state index contributed by atoms with van der Waals surface area (Å²) in [5, 5.41) is 0.694. The van der Waals surface area contributed by atoms with E-state index in [1.165, 1.54) is 0 Å². The molecule has 2 aliphatic rings. The van der Waals surface area contributed by atoms with E-state index in [2.05, 4.69) is 22.9 Å². The second-order valence-corrected chi connectivity index (χ2v) is 9.86. The second-order valence-electron chi connectivity index (χ2n) is 7.68. The minimum atomic E-state index is -3.26. The lowest BCUT2D eigenvalue weighted by Crippen LogP contribution is -2.38. The van der Waals surface area contributed by atoms with Crippen molar-refractivity contribution in [2.75, 3.05) is 19.3 Å². The normalized spacial score (nSPS) is 24.4. The number of amides is 1. The van der Waals surface area contributed by atoms with Gasteiger partial charge in [0.2, 0.25) is 15.9 Å². The summed E-state index contributed by atoms with van der Waals surface area (Å²) in [5.74, 6) is 0.124. The minimum Gasteiger partial charge on any atom is -0.341 e. The number of nitrogens with one attached hydrogen (secondary N) is 1. The van der Waals surface area contributed by atoms with E-state index < -0.39 is 10.0 Å². The molecule has 3 atom stereocenters. The minimum absolute atomic E-state index is 0.0839. The van der Waals surface area contributed by atoms with Crippen LogP contribution >= 0.6 is 11.6 Å². The number of carbonyl (C=O) groups is 1. The Hall–Kier alpha value is -1.89. The Morgan fingerprint density at radius 2 is 1.89 bits per heavy atom. The lowest BCUT2D eigenvalue weighted by Gasteiger charge is -2.18. The van der Waals surface area contributed by atoms with Crippen LogP contribution in [0.4, 0.5) is 0 Å². The van der Waals surface area contributed by atoms with Crippen LogP contribution < -0.4 is 4.72 Å². The molecule has 0 bridgehead atoms. The fourth-order valence-electron chi connectivity index (χ4n) is 4.16. The number of benzene rings is 2. The molecule has 1 aliphatic heterocycles. The lowest BCUT2D eigenvalue weighted by molar-refractivity contribution is -0.131. The molecule has 5 nitrogen and oxygen atoms in total. The van der Waals surface area contributed by atoms with Gasteiger partial charge in [0.1, 0.15) is 0 Å². The molecule has 4 rings (SSSR count). The summed E-state index contributed by atoms with van der Waals surface area (Å²) in [4.78, 5) is 14.8. The van der Waals surface area contributed by atoms with Crippen LogP contribution in [0.5, 0.6) is 0 Å². The largest absolute Gasteiger partial charge is 0.341 e. The van der Waals surface area contributed by atoms with E-state index >= 15 is 0 Å². The number of likely N-dealkylation sites (tertiary alicyclic amines) is 1. The molecule has 1 heterocycles. The number of hydrogen-bond donors (Lipinski definition) is 1. The average Bonchev–Trinajstić information content (AvgIpc) is 3.31. The predicted molar refractivity (Wildman–Crippen MR) is 111 cm³/mol. The summed E-state index contributed by atoms with van der Waals surface area (Å²) >= 11 is 6.54. The van der Waals surface area contributed by atoms with Gasteiger partial charge in [0.25, 0.3) is 0 Å². The van der Waals surface area contributed by atoms with Gasteiger partial charge in [0, 0.05) is 30.1 Å². The second kappa shape index (κ2) is 7.50. The van der Waals surface area contributed by atoms with Crippen LogP contribution in [0.15, 0.2) is 48.5 Å². The quantitative estimate of drug-likeness (QED) is 0.810. The molecule has 0 unspecified atom stereocenters. The zero-order chi connectivity index (χ0) is 19.9. The van der Waals surface area contributed by atoms with Gasteiger partial charge in [-0.1, -0.05) is 54.1 Å². The van der Waals surface area contributed by atoms with Gasteiger partial charge in [-0.3, -0.25) is 4.79 Å². The molecule has 1 amide bonds. The third-order valence-corrected chi connectivity index (χ3v) is 6.59.